The van der Waals surface area contributed by atoms with E-state index in [0.29, 0.717) is 16.7 Å². The SMILES string of the molecule is Cc1nccnc1N1CCO[C@H](c2ccc(Cl)c(Cl)c2)C1. The van der Waals surface area contributed by atoms with Crippen LogP contribution in [0.15, 0.2) is 30.6 Å². The van der Waals surface area contributed by atoms with Crippen molar-refractivity contribution >= 4 is 29.0 Å². The van der Waals surface area contributed by atoms with Crippen LogP contribution in [0.4, 0.5) is 5.82 Å². The summed E-state index contributed by atoms with van der Waals surface area (Å²) in [6, 6.07) is 5.61. The van der Waals surface area contributed by atoms with Gasteiger partial charge in [0.05, 0.1) is 22.3 Å². The smallest absolute Gasteiger partial charge is 0.150 e. The summed E-state index contributed by atoms with van der Waals surface area (Å²) in [5.74, 6) is 0.908. The van der Waals surface area contributed by atoms with Crippen LogP contribution in [0.2, 0.25) is 10.0 Å². The third-order valence-electron chi connectivity index (χ3n) is 3.54. The van der Waals surface area contributed by atoms with Crippen LogP contribution in [0.1, 0.15) is 17.4 Å². The van der Waals surface area contributed by atoms with Gasteiger partial charge < -0.3 is 9.64 Å². The second-order valence-corrected chi connectivity index (χ2v) is 5.76. The van der Waals surface area contributed by atoms with Crippen molar-refractivity contribution in [2.24, 2.45) is 0 Å². The Morgan fingerprint density at radius 3 is 2.76 bits per heavy atom. The maximum Gasteiger partial charge on any atom is 0.150 e. The van der Waals surface area contributed by atoms with Crippen LogP contribution in [-0.2, 0) is 4.74 Å². The molecular weight excluding hydrogens is 309 g/mol. The number of rotatable bonds is 2. The van der Waals surface area contributed by atoms with E-state index >= 15 is 0 Å². The molecule has 21 heavy (non-hydrogen) atoms. The number of nitrogens with zero attached hydrogens (tertiary/aromatic N) is 3. The van der Waals surface area contributed by atoms with E-state index in [-0.39, 0.29) is 6.10 Å². The minimum Gasteiger partial charge on any atom is -0.370 e. The van der Waals surface area contributed by atoms with Gasteiger partial charge in [0.25, 0.3) is 0 Å². The Morgan fingerprint density at radius 1 is 1.19 bits per heavy atom. The Morgan fingerprint density at radius 2 is 2.00 bits per heavy atom. The zero-order valence-corrected chi connectivity index (χ0v) is 13.1. The van der Waals surface area contributed by atoms with E-state index in [1.54, 1.807) is 18.5 Å². The molecule has 2 aromatic rings. The molecule has 0 spiro atoms. The van der Waals surface area contributed by atoms with Gasteiger partial charge in [-0.15, -0.1) is 0 Å². The molecule has 0 radical (unpaired) electrons. The number of aromatic nitrogens is 2. The molecular formula is C15H15Cl2N3O. The molecule has 4 nitrogen and oxygen atoms in total. The molecule has 110 valence electrons. The Kier molecular flexibility index (Phi) is 4.29. The number of halogens is 2. The number of ether oxygens (including phenoxy) is 1. The van der Waals surface area contributed by atoms with Crippen molar-refractivity contribution in [3.63, 3.8) is 0 Å². The minimum atomic E-state index is -0.0464. The van der Waals surface area contributed by atoms with Crippen LogP contribution in [-0.4, -0.2) is 29.7 Å². The maximum atomic E-state index is 6.09. The summed E-state index contributed by atoms with van der Waals surface area (Å²) in [6.07, 6.45) is 3.37. The molecule has 1 saturated heterocycles. The van der Waals surface area contributed by atoms with E-state index < -0.39 is 0 Å². The first kappa shape index (κ1) is 14.6. The Bertz CT molecular complexity index is 651. The predicted molar refractivity (Wildman–Crippen MR) is 84.1 cm³/mol. The van der Waals surface area contributed by atoms with Crippen LogP contribution < -0.4 is 4.90 Å². The van der Waals surface area contributed by atoms with Crippen LogP contribution >= 0.6 is 23.2 Å². The molecule has 2 heterocycles. The van der Waals surface area contributed by atoms with Crippen molar-refractivity contribution < 1.29 is 4.74 Å². The molecule has 1 fully saturated rings. The molecule has 0 unspecified atom stereocenters. The summed E-state index contributed by atoms with van der Waals surface area (Å²) < 4.78 is 5.86. The quantitative estimate of drug-likeness (QED) is 0.845. The van der Waals surface area contributed by atoms with Crippen molar-refractivity contribution in [1.82, 2.24) is 9.97 Å². The number of aryl methyl sites for hydroxylation is 1. The van der Waals surface area contributed by atoms with E-state index in [9.17, 15) is 0 Å². The van der Waals surface area contributed by atoms with E-state index in [4.69, 9.17) is 27.9 Å². The van der Waals surface area contributed by atoms with Crippen molar-refractivity contribution in [3.8, 4) is 0 Å². The second-order valence-electron chi connectivity index (χ2n) is 4.94. The van der Waals surface area contributed by atoms with Gasteiger partial charge in [-0.3, -0.25) is 4.98 Å². The summed E-state index contributed by atoms with van der Waals surface area (Å²) >= 11 is 12.1. The van der Waals surface area contributed by atoms with Crippen molar-refractivity contribution in [3.05, 3.63) is 51.9 Å². The molecule has 0 N–H and O–H groups in total. The summed E-state index contributed by atoms with van der Waals surface area (Å²) in [7, 11) is 0. The van der Waals surface area contributed by atoms with Gasteiger partial charge in [-0.05, 0) is 24.6 Å². The minimum absolute atomic E-state index is 0.0464. The fourth-order valence-electron chi connectivity index (χ4n) is 2.47. The molecule has 0 amide bonds. The summed E-state index contributed by atoms with van der Waals surface area (Å²) in [5.41, 5.74) is 1.95. The molecule has 1 aliphatic heterocycles. The van der Waals surface area contributed by atoms with Crippen LogP contribution in [0.3, 0.4) is 0 Å². The number of anilines is 1. The number of morpholine rings is 1. The summed E-state index contributed by atoms with van der Waals surface area (Å²) in [5, 5.41) is 1.10. The first-order valence-electron chi connectivity index (χ1n) is 6.74. The highest BCUT2D eigenvalue weighted by molar-refractivity contribution is 6.42. The van der Waals surface area contributed by atoms with Gasteiger partial charge in [-0.25, -0.2) is 4.98 Å². The highest BCUT2D eigenvalue weighted by Gasteiger charge is 2.24. The van der Waals surface area contributed by atoms with Gasteiger partial charge in [0.1, 0.15) is 11.9 Å². The predicted octanol–water partition coefficient (Wildman–Crippen LogP) is 3.67. The molecule has 0 saturated carbocycles. The number of hydrogen-bond donors (Lipinski definition) is 0. The summed E-state index contributed by atoms with van der Waals surface area (Å²) in [4.78, 5) is 10.9. The molecule has 0 bridgehead atoms. The molecule has 1 atom stereocenters. The topological polar surface area (TPSA) is 38.2 Å². The van der Waals surface area contributed by atoms with Gasteiger partial charge in [0.15, 0.2) is 0 Å². The Labute approximate surface area is 133 Å². The van der Waals surface area contributed by atoms with Crippen LogP contribution in [0.5, 0.6) is 0 Å². The monoisotopic (exact) mass is 323 g/mol. The third-order valence-corrected chi connectivity index (χ3v) is 4.28. The zero-order chi connectivity index (χ0) is 14.8. The fourth-order valence-corrected chi connectivity index (χ4v) is 2.77. The zero-order valence-electron chi connectivity index (χ0n) is 11.6. The first-order chi connectivity index (χ1) is 10.1. The van der Waals surface area contributed by atoms with E-state index in [1.165, 1.54) is 0 Å². The van der Waals surface area contributed by atoms with Crippen molar-refractivity contribution in [1.29, 1.82) is 0 Å². The highest BCUT2D eigenvalue weighted by atomic mass is 35.5. The van der Waals surface area contributed by atoms with Crippen molar-refractivity contribution in [2.45, 2.75) is 13.0 Å². The standard InChI is InChI=1S/C15H15Cl2N3O/c1-10-15(19-5-4-18-10)20-6-7-21-14(9-20)11-2-3-12(16)13(17)8-11/h2-5,8,14H,6-7,9H2,1H3/t14-/m0/s1. The lowest BCUT2D eigenvalue weighted by molar-refractivity contribution is 0.0394. The maximum absolute atomic E-state index is 6.09. The largest absolute Gasteiger partial charge is 0.370 e. The lowest BCUT2D eigenvalue weighted by Gasteiger charge is -2.34. The molecule has 6 heteroatoms. The lowest BCUT2D eigenvalue weighted by atomic mass is 10.1. The Hall–Kier alpha value is -1.36. The Balaban J connectivity index is 1.83. The average molecular weight is 324 g/mol. The molecule has 0 aliphatic carbocycles. The van der Waals surface area contributed by atoms with Gasteiger partial charge in [-0.2, -0.15) is 0 Å². The van der Waals surface area contributed by atoms with Crippen LogP contribution in [0, 0.1) is 6.92 Å². The number of benzene rings is 1. The number of hydrogen-bond acceptors (Lipinski definition) is 4. The average Bonchev–Trinajstić information content (AvgIpc) is 2.51. The highest BCUT2D eigenvalue weighted by Crippen LogP contribution is 2.30. The third kappa shape index (κ3) is 3.12. The van der Waals surface area contributed by atoms with E-state index in [2.05, 4.69) is 14.9 Å². The molecule has 3 rings (SSSR count). The van der Waals surface area contributed by atoms with Gasteiger partial charge in [0.2, 0.25) is 0 Å². The second kappa shape index (κ2) is 6.18. The molecule has 1 aromatic carbocycles. The molecule has 1 aromatic heterocycles. The van der Waals surface area contributed by atoms with Gasteiger partial charge in [-0.1, -0.05) is 29.3 Å². The van der Waals surface area contributed by atoms with E-state index in [0.717, 1.165) is 30.2 Å². The molecule has 1 aliphatic rings. The lowest BCUT2D eigenvalue weighted by Crippen LogP contribution is -2.39. The van der Waals surface area contributed by atoms with Crippen LogP contribution in [0.25, 0.3) is 0 Å². The van der Waals surface area contributed by atoms with E-state index in [1.807, 2.05) is 19.1 Å². The normalized spacial score (nSPS) is 18.8. The fraction of sp³-hybridized carbons (Fsp3) is 0.333. The summed E-state index contributed by atoms with van der Waals surface area (Å²) in [6.45, 7) is 4.13. The van der Waals surface area contributed by atoms with Gasteiger partial charge in [0, 0.05) is 25.5 Å². The van der Waals surface area contributed by atoms with Crippen molar-refractivity contribution in [2.75, 3.05) is 24.6 Å². The first-order valence-corrected chi connectivity index (χ1v) is 7.50. The van der Waals surface area contributed by atoms with Gasteiger partial charge >= 0.3 is 0 Å².